The molecule has 1 atom stereocenters. The van der Waals surface area contributed by atoms with Crippen LogP contribution in [0.3, 0.4) is 0 Å². The van der Waals surface area contributed by atoms with Gasteiger partial charge in [0.15, 0.2) is 18.2 Å². The number of likely N-dealkylation sites (tertiary alicyclic amines) is 1. The Labute approximate surface area is 149 Å². The van der Waals surface area contributed by atoms with Crippen LogP contribution in [0.25, 0.3) is 0 Å². The number of hydrogen-bond donors (Lipinski definition) is 0. The number of hydrogen-bond acceptors (Lipinski definition) is 5. The van der Waals surface area contributed by atoms with Crippen molar-refractivity contribution in [3.8, 4) is 11.6 Å². The second-order valence-corrected chi connectivity index (χ2v) is 5.88. The van der Waals surface area contributed by atoms with Gasteiger partial charge in [-0.15, -0.1) is 0 Å². The lowest BCUT2D eigenvalue weighted by atomic mass is 10.3. The van der Waals surface area contributed by atoms with Gasteiger partial charge in [-0.1, -0.05) is 19.1 Å². The first-order chi connectivity index (χ1) is 12.6. The van der Waals surface area contributed by atoms with E-state index in [1.165, 1.54) is 18.5 Å². The molecule has 26 heavy (non-hydrogen) atoms. The summed E-state index contributed by atoms with van der Waals surface area (Å²) < 4.78 is 38.5. The van der Waals surface area contributed by atoms with Crippen LogP contribution < -0.4 is 9.47 Å². The number of halogens is 2. The van der Waals surface area contributed by atoms with Crippen LogP contribution in [0, 0.1) is 11.6 Å². The second-order valence-electron chi connectivity index (χ2n) is 5.88. The molecule has 6 nitrogen and oxygen atoms in total. The van der Waals surface area contributed by atoms with E-state index in [1.54, 1.807) is 24.0 Å². The lowest BCUT2D eigenvalue weighted by Gasteiger charge is -2.17. The monoisotopic (exact) mass is 363 g/mol. The maximum Gasteiger partial charge on any atom is 0.260 e. The SMILES string of the molecule is CCc1ncnc(O[C@H]2CCN(C(=O)COc3ccccc3F)C2)c1F. The Morgan fingerprint density at radius 2 is 2.12 bits per heavy atom. The van der Waals surface area contributed by atoms with Crippen molar-refractivity contribution in [3.63, 3.8) is 0 Å². The van der Waals surface area contributed by atoms with Gasteiger partial charge in [0, 0.05) is 13.0 Å². The average molecular weight is 363 g/mol. The molecule has 0 spiro atoms. The van der Waals surface area contributed by atoms with Gasteiger partial charge in [-0.3, -0.25) is 4.79 Å². The number of carbonyl (C=O) groups is 1. The highest BCUT2D eigenvalue weighted by Crippen LogP contribution is 2.21. The van der Waals surface area contributed by atoms with Crippen LogP contribution in [0.1, 0.15) is 19.0 Å². The zero-order valence-electron chi connectivity index (χ0n) is 14.3. The Morgan fingerprint density at radius 3 is 2.88 bits per heavy atom. The van der Waals surface area contributed by atoms with E-state index in [1.807, 2.05) is 0 Å². The van der Waals surface area contributed by atoms with Crippen molar-refractivity contribution in [1.29, 1.82) is 0 Å². The fraction of sp³-hybridized carbons (Fsp3) is 0.389. The van der Waals surface area contributed by atoms with Gasteiger partial charge in [0.2, 0.25) is 5.82 Å². The van der Waals surface area contributed by atoms with Gasteiger partial charge in [0.05, 0.1) is 12.2 Å². The maximum absolute atomic E-state index is 14.1. The van der Waals surface area contributed by atoms with Crippen LogP contribution in [0.4, 0.5) is 8.78 Å². The van der Waals surface area contributed by atoms with Gasteiger partial charge >= 0.3 is 0 Å². The third kappa shape index (κ3) is 4.07. The second kappa shape index (κ2) is 8.07. The van der Waals surface area contributed by atoms with Crippen LogP contribution in [-0.2, 0) is 11.2 Å². The number of benzene rings is 1. The molecule has 1 amide bonds. The molecule has 0 unspecified atom stereocenters. The molecule has 0 N–H and O–H groups in total. The quantitative estimate of drug-likeness (QED) is 0.788. The van der Waals surface area contributed by atoms with Crippen LogP contribution in [-0.4, -0.2) is 46.6 Å². The predicted molar refractivity (Wildman–Crippen MR) is 88.9 cm³/mol. The zero-order valence-corrected chi connectivity index (χ0v) is 14.3. The van der Waals surface area contributed by atoms with Crippen molar-refractivity contribution in [2.45, 2.75) is 25.9 Å². The fourth-order valence-corrected chi connectivity index (χ4v) is 2.72. The number of amides is 1. The normalized spacial score (nSPS) is 16.6. The molecule has 1 aromatic carbocycles. The number of ether oxygens (including phenoxy) is 2. The lowest BCUT2D eigenvalue weighted by Crippen LogP contribution is -2.34. The predicted octanol–water partition coefficient (Wildman–Crippen LogP) is 2.38. The Hall–Kier alpha value is -2.77. The highest BCUT2D eigenvalue weighted by Gasteiger charge is 2.29. The zero-order chi connectivity index (χ0) is 18.5. The van der Waals surface area contributed by atoms with Crippen LogP contribution in [0.5, 0.6) is 11.6 Å². The van der Waals surface area contributed by atoms with Crippen LogP contribution in [0.15, 0.2) is 30.6 Å². The Kier molecular flexibility index (Phi) is 5.60. The maximum atomic E-state index is 14.1. The molecule has 138 valence electrons. The molecule has 8 heteroatoms. The molecule has 0 aliphatic carbocycles. The molecule has 0 bridgehead atoms. The van der Waals surface area contributed by atoms with Gasteiger partial charge in [0.1, 0.15) is 12.4 Å². The number of aromatic nitrogens is 2. The molecule has 1 aliphatic heterocycles. The molecule has 1 fully saturated rings. The van der Waals surface area contributed by atoms with Gasteiger partial charge in [-0.2, -0.15) is 9.37 Å². The van der Waals surface area contributed by atoms with Gasteiger partial charge in [-0.05, 0) is 18.6 Å². The van der Waals surface area contributed by atoms with E-state index in [4.69, 9.17) is 9.47 Å². The first kappa shape index (κ1) is 18.0. The summed E-state index contributed by atoms with van der Waals surface area (Å²) in [6.07, 6.45) is 1.89. The summed E-state index contributed by atoms with van der Waals surface area (Å²) in [7, 11) is 0. The Balaban J connectivity index is 1.53. The van der Waals surface area contributed by atoms with Crippen molar-refractivity contribution >= 4 is 5.91 Å². The van der Waals surface area contributed by atoms with Gasteiger partial charge in [0.25, 0.3) is 11.8 Å². The largest absolute Gasteiger partial charge is 0.481 e. The fourth-order valence-electron chi connectivity index (χ4n) is 2.72. The van der Waals surface area contributed by atoms with Gasteiger partial charge in [-0.25, -0.2) is 9.37 Å². The molecule has 2 aromatic rings. The summed E-state index contributed by atoms with van der Waals surface area (Å²) in [4.78, 5) is 21.5. The van der Waals surface area contributed by atoms with E-state index in [-0.39, 0.29) is 30.2 Å². The standard InChI is InChI=1S/C18H19F2N3O3/c1-2-14-17(20)18(22-11-21-14)26-12-7-8-23(9-12)16(24)10-25-15-6-4-3-5-13(15)19/h3-6,11-12H,2,7-10H2,1H3/t12-/m0/s1. The third-order valence-electron chi connectivity index (χ3n) is 4.13. The molecule has 0 saturated carbocycles. The van der Waals surface area contributed by atoms with E-state index in [0.717, 1.165) is 0 Å². The van der Waals surface area contributed by atoms with E-state index >= 15 is 0 Å². The lowest BCUT2D eigenvalue weighted by molar-refractivity contribution is -0.132. The summed E-state index contributed by atoms with van der Waals surface area (Å²) in [5.41, 5.74) is 0.291. The smallest absolute Gasteiger partial charge is 0.260 e. The minimum atomic E-state index is -0.567. The van der Waals surface area contributed by atoms with E-state index in [9.17, 15) is 13.6 Å². The number of para-hydroxylation sites is 1. The van der Waals surface area contributed by atoms with Crippen molar-refractivity contribution in [2.75, 3.05) is 19.7 Å². The summed E-state index contributed by atoms with van der Waals surface area (Å²) in [5.74, 6) is -1.44. The van der Waals surface area contributed by atoms with E-state index in [0.29, 0.717) is 31.6 Å². The Bertz CT molecular complexity index is 788. The molecule has 0 radical (unpaired) electrons. The van der Waals surface area contributed by atoms with Crippen molar-refractivity contribution in [1.82, 2.24) is 14.9 Å². The van der Waals surface area contributed by atoms with Crippen LogP contribution in [0.2, 0.25) is 0 Å². The number of aryl methyl sites for hydroxylation is 1. The minimum Gasteiger partial charge on any atom is -0.481 e. The summed E-state index contributed by atoms with van der Waals surface area (Å²) in [5, 5.41) is 0. The molecule has 1 aliphatic rings. The number of carbonyl (C=O) groups excluding carboxylic acids is 1. The highest BCUT2D eigenvalue weighted by molar-refractivity contribution is 5.78. The summed E-state index contributed by atoms with van der Waals surface area (Å²) in [6, 6.07) is 5.90. The highest BCUT2D eigenvalue weighted by atomic mass is 19.1. The number of nitrogens with zero attached hydrogens (tertiary/aromatic N) is 3. The molecular formula is C18H19F2N3O3. The van der Waals surface area contributed by atoms with Crippen molar-refractivity contribution < 1.29 is 23.0 Å². The van der Waals surface area contributed by atoms with E-state index < -0.39 is 11.6 Å². The van der Waals surface area contributed by atoms with Crippen molar-refractivity contribution in [3.05, 3.63) is 47.9 Å². The topological polar surface area (TPSA) is 64.6 Å². The first-order valence-electron chi connectivity index (χ1n) is 8.39. The Morgan fingerprint density at radius 1 is 1.31 bits per heavy atom. The molecular weight excluding hydrogens is 344 g/mol. The van der Waals surface area contributed by atoms with Crippen LogP contribution >= 0.6 is 0 Å². The average Bonchev–Trinajstić information content (AvgIpc) is 3.11. The summed E-state index contributed by atoms with van der Waals surface area (Å²) >= 11 is 0. The summed E-state index contributed by atoms with van der Waals surface area (Å²) in [6.45, 7) is 2.28. The third-order valence-corrected chi connectivity index (χ3v) is 4.13. The van der Waals surface area contributed by atoms with Gasteiger partial charge < -0.3 is 14.4 Å². The molecule has 2 heterocycles. The molecule has 1 saturated heterocycles. The minimum absolute atomic E-state index is 0.0306. The number of rotatable bonds is 6. The molecule has 3 rings (SSSR count). The van der Waals surface area contributed by atoms with E-state index in [2.05, 4.69) is 9.97 Å². The first-order valence-corrected chi connectivity index (χ1v) is 8.39. The molecule has 1 aromatic heterocycles. The van der Waals surface area contributed by atoms with Crippen molar-refractivity contribution in [2.24, 2.45) is 0 Å².